The van der Waals surface area contributed by atoms with E-state index in [1.165, 1.54) is 0 Å². The van der Waals surface area contributed by atoms with E-state index < -0.39 is 5.79 Å². The van der Waals surface area contributed by atoms with Crippen molar-refractivity contribution in [2.24, 2.45) is 0 Å². The molecule has 1 aliphatic heterocycles. The van der Waals surface area contributed by atoms with Crippen LogP contribution in [0, 0.1) is 0 Å². The Morgan fingerprint density at radius 1 is 1.83 bits per heavy atom. The molecule has 2 unspecified atom stereocenters. The zero-order chi connectivity index (χ0) is 9.03. The summed E-state index contributed by atoms with van der Waals surface area (Å²) in [5, 5.41) is 12.7. The summed E-state index contributed by atoms with van der Waals surface area (Å²) in [5.41, 5.74) is 0. The molecular formula is C8H15NO3. The Hall–Kier alpha value is -0.450. The van der Waals surface area contributed by atoms with E-state index in [0.29, 0.717) is 12.9 Å². The van der Waals surface area contributed by atoms with Crippen molar-refractivity contribution in [3.05, 3.63) is 0 Å². The molecule has 1 fully saturated rings. The number of carbonyl (C=O) groups is 1. The average molecular weight is 173 g/mol. The Kier molecular flexibility index (Phi) is 3.20. The van der Waals surface area contributed by atoms with Crippen molar-refractivity contribution in [2.45, 2.75) is 31.6 Å². The molecule has 1 rings (SSSR count). The molecule has 0 saturated carbocycles. The summed E-state index contributed by atoms with van der Waals surface area (Å²) in [6.45, 7) is 2.94. The number of rotatable bonds is 4. The fraction of sp³-hybridized carbons (Fsp3) is 0.875. The Balaban J connectivity index is 2.57. The predicted molar refractivity (Wildman–Crippen MR) is 43.7 cm³/mol. The highest BCUT2D eigenvalue weighted by molar-refractivity contribution is 5.61. The van der Waals surface area contributed by atoms with Gasteiger partial charge in [0.1, 0.15) is 0 Å². The van der Waals surface area contributed by atoms with Crippen LogP contribution in [0.4, 0.5) is 0 Å². The van der Waals surface area contributed by atoms with Gasteiger partial charge in [-0.1, -0.05) is 0 Å². The number of hydrogen-bond donors (Lipinski definition) is 2. The molecule has 0 aliphatic carbocycles. The van der Waals surface area contributed by atoms with E-state index in [4.69, 9.17) is 4.74 Å². The van der Waals surface area contributed by atoms with E-state index in [2.05, 4.69) is 5.32 Å². The fourth-order valence-corrected chi connectivity index (χ4v) is 1.49. The number of aliphatic hydroxyl groups is 1. The highest BCUT2D eigenvalue weighted by Crippen LogP contribution is 2.18. The van der Waals surface area contributed by atoms with Crippen LogP contribution >= 0.6 is 0 Å². The summed E-state index contributed by atoms with van der Waals surface area (Å²) in [4.78, 5) is 10.6. The Morgan fingerprint density at radius 3 is 3.00 bits per heavy atom. The maximum Gasteiger partial charge on any atom is 0.239 e. The van der Waals surface area contributed by atoms with Crippen molar-refractivity contribution in [2.75, 3.05) is 13.2 Å². The van der Waals surface area contributed by atoms with Crippen LogP contribution in [-0.2, 0) is 9.53 Å². The first-order valence-electron chi connectivity index (χ1n) is 4.29. The fourth-order valence-electron chi connectivity index (χ4n) is 1.49. The Bertz CT molecular complexity index is 156. The summed E-state index contributed by atoms with van der Waals surface area (Å²) in [7, 11) is 0. The maximum absolute atomic E-state index is 10.6. The lowest BCUT2D eigenvalue weighted by molar-refractivity contribution is -0.203. The summed E-state index contributed by atoms with van der Waals surface area (Å²) in [5.74, 6) is -1.62. The minimum Gasteiger partial charge on any atom is -0.359 e. The summed E-state index contributed by atoms with van der Waals surface area (Å²) in [6.07, 6.45) is 2.24. The molecule has 2 N–H and O–H groups in total. The van der Waals surface area contributed by atoms with Gasteiger partial charge in [-0.05, 0) is 26.3 Å². The molecule has 0 bridgehead atoms. The second-order valence-electron chi connectivity index (χ2n) is 2.95. The van der Waals surface area contributed by atoms with Crippen molar-refractivity contribution in [1.82, 2.24) is 5.32 Å². The molecule has 70 valence electrons. The highest BCUT2D eigenvalue weighted by Gasteiger charge is 2.38. The number of ether oxygens (including phenoxy) is 1. The summed E-state index contributed by atoms with van der Waals surface area (Å²) < 4.78 is 4.99. The number of hydrogen-bond acceptors (Lipinski definition) is 4. The van der Waals surface area contributed by atoms with Crippen molar-refractivity contribution >= 4 is 6.29 Å². The van der Waals surface area contributed by atoms with Crippen LogP contribution in [-0.4, -0.2) is 36.4 Å². The molecule has 1 heterocycles. The van der Waals surface area contributed by atoms with Crippen LogP contribution in [0.1, 0.15) is 19.8 Å². The van der Waals surface area contributed by atoms with E-state index in [1.54, 1.807) is 6.92 Å². The molecule has 4 heteroatoms. The average Bonchev–Trinajstić information content (AvgIpc) is 2.57. The largest absolute Gasteiger partial charge is 0.359 e. The molecular weight excluding hydrogens is 158 g/mol. The zero-order valence-electron chi connectivity index (χ0n) is 7.25. The van der Waals surface area contributed by atoms with E-state index in [0.717, 1.165) is 19.4 Å². The van der Waals surface area contributed by atoms with Gasteiger partial charge in [0, 0.05) is 6.61 Å². The van der Waals surface area contributed by atoms with E-state index in [-0.39, 0.29) is 6.04 Å². The van der Waals surface area contributed by atoms with E-state index in [1.807, 2.05) is 0 Å². The second-order valence-corrected chi connectivity index (χ2v) is 2.95. The third-order valence-electron chi connectivity index (χ3n) is 2.10. The molecule has 0 aromatic carbocycles. The van der Waals surface area contributed by atoms with Gasteiger partial charge in [0.15, 0.2) is 6.29 Å². The minimum atomic E-state index is -1.62. The first-order valence-corrected chi connectivity index (χ1v) is 4.29. The SMILES string of the molecule is CCOC(O)(C=O)C1CCCN1. The molecule has 2 atom stereocenters. The monoisotopic (exact) mass is 173 g/mol. The first-order chi connectivity index (χ1) is 5.73. The second kappa shape index (κ2) is 3.98. The predicted octanol–water partition coefficient (Wildman–Crippen LogP) is -0.338. The lowest BCUT2D eigenvalue weighted by Gasteiger charge is -2.27. The van der Waals surface area contributed by atoms with Gasteiger partial charge in [-0.15, -0.1) is 0 Å². The van der Waals surface area contributed by atoms with Crippen LogP contribution < -0.4 is 5.32 Å². The van der Waals surface area contributed by atoms with Crippen LogP contribution in [0.25, 0.3) is 0 Å². The van der Waals surface area contributed by atoms with Crippen LogP contribution in [0.2, 0.25) is 0 Å². The minimum absolute atomic E-state index is 0.241. The van der Waals surface area contributed by atoms with Gasteiger partial charge < -0.3 is 15.2 Å². The number of carbonyl (C=O) groups excluding carboxylic acids is 1. The molecule has 4 nitrogen and oxygen atoms in total. The van der Waals surface area contributed by atoms with Crippen molar-refractivity contribution in [1.29, 1.82) is 0 Å². The third-order valence-corrected chi connectivity index (χ3v) is 2.10. The topological polar surface area (TPSA) is 58.6 Å². The summed E-state index contributed by atoms with van der Waals surface area (Å²) in [6, 6.07) is -0.241. The molecule has 12 heavy (non-hydrogen) atoms. The Labute approximate surface area is 71.9 Å². The molecule has 0 amide bonds. The van der Waals surface area contributed by atoms with Gasteiger partial charge in [-0.25, -0.2) is 0 Å². The normalized spacial score (nSPS) is 28.3. The number of aldehydes is 1. The lowest BCUT2D eigenvalue weighted by Crippen LogP contribution is -2.51. The standard InChI is InChI=1S/C8H15NO3/c1-2-12-8(11,6-10)7-4-3-5-9-7/h6-7,9,11H,2-5H2,1H3. The van der Waals surface area contributed by atoms with Crippen LogP contribution in [0.3, 0.4) is 0 Å². The smallest absolute Gasteiger partial charge is 0.239 e. The summed E-state index contributed by atoms with van der Waals surface area (Å²) >= 11 is 0. The number of nitrogens with one attached hydrogen (secondary N) is 1. The molecule has 0 aromatic rings. The third kappa shape index (κ3) is 1.83. The first kappa shape index (κ1) is 9.64. The maximum atomic E-state index is 10.6. The molecule has 0 aromatic heterocycles. The van der Waals surface area contributed by atoms with Crippen molar-refractivity contribution in [3.63, 3.8) is 0 Å². The van der Waals surface area contributed by atoms with Crippen molar-refractivity contribution < 1.29 is 14.6 Å². The van der Waals surface area contributed by atoms with E-state index >= 15 is 0 Å². The van der Waals surface area contributed by atoms with Gasteiger partial charge in [0.2, 0.25) is 5.79 Å². The van der Waals surface area contributed by atoms with Gasteiger partial charge in [-0.3, -0.25) is 4.79 Å². The molecule has 1 aliphatic rings. The Morgan fingerprint density at radius 2 is 2.58 bits per heavy atom. The zero-order valence-corrected chi connectivity index (χ0v) is 7.25. The van der Waals surface area contributed by atoms with Gasteiger partial charge in [0.25, 0.3) is 0 Å². The van der Waals surface area contributed by atoms with Crippen molar-refractivity contribution in [3.8, 4) is 0 Å². The van der Waals surface area contributed by atoms with Gasteiger partial charge >= 0.3 is 0 Å². The highest BCUT2D eigenvalue weighted by atomic mass is 16.6. The molecule has 1 saturated heterocycles. The van der Waals surface area contributed by atoms with Gasteiger partial charge in [-0.2, -0.15) is 0 Å². The molecule has 0 radical (unpaired) electrons. The van der Waals surface area contributed by atoms with Gasteiger partial charge in [0.05, 0.1) is 6.04 Å². The van der Waals surface area contributed by atoms with Crippen LogP contribution in [0.5, 0.6) is 0 Å². The lowest BCUT2D eigenvalue weighted by atomic mass is 10.1. The van der Waals surface area contributed by atoms with Crippen LogP contribution in [0.15, 0.2) is 0 Å². The molecule has 0 spiro atoms. The van der Waals surface area contributed by atoms with E-state index in [9.17, 15) is 9.90 Å². The quantitative estimate of drug-likeness (QED) is 0.451.